The lowest BCUT2D eigenvalue weighted by Crippen LogP contribution is -2.45. The van der Waals surface area contributed by atoms with Crippen LogP contribution < -0.4 is 26.7 Å². The lowest BCUT2D eigenvalue weighted by molar-refractivity contribution is -0.136. The first kappa shape index (κ1) is 25.1. The van der Waals surface area contributed by atoms with Gasteiger partial charge in [-0.05, 0) is 30.7 Å². The molecule has 0 spiro atoms. The van der Waals surface area contributed by atoms with Gasteiger partial charge in [-0.1, -0.05) is 12.1 Å². The molecule has 11 nitrogen and oxygen atoms in total. The van der Waals surface area contributed by atoms with Crippen molar-refractivity contribution in [2.24, 2.45) is 0 Å². The summed E-state index contributed by atoms with van der Waals surface area (Å²) >= 11 is 0. The van der Waals surface area contributed by atoms with Gasteiger partial charge in [-0.15, -0.1) is 0 Å². The summed E-state index contributed by atoms with van der Waals surface area (Å²) in [5.41, 5.74) is 6.73. The van der Waals surface area contributed by atoms with E-state index in [0.717, 1.165) is 10.4 Å². The average Bonchev–Trinajstić information content (AvgIpc) is 2.86. The number of nitrogens with one attached hydrogen (secondary N) is 2. The molecule has 4 N–H and O–H groups in total. The van der Waals surface area contributed by atoms with Crippen molar-refractivity contribution >= 4 is 34.0 Å². The zero-order valence-electron chi connectivity index (χ0n) is 19.8. The molecule has 1 fully saturated rings. The first-order valence-corrected chi connectivity index (χ1v) is 11.7. The molecule has 0 aliphatic carbocycles. The highest BCUT2D eigenvalue weighted by Gasteiger charge is 2.29. The molecule has 0 radical (unpaired) electrons. The van der Waals surface area contributed by atoms with Crippen molar-refractivity contribution in [2.45, 2.75) is 18.9 Å². The molecule has 2 aromatic carbocycles. The van der Waals surface area contributed by atoms with E-state index in [9.17, 15) is 14.4 Å². The van der Waals surface area contributed by atoms with Crippen molar-refractivity contribution < 1.29 is 23.8 Å². The predicted octanol–water partition coefficient (Wildman–Crippen LogP) is 1.48. The Kier molecular flexibility index (Phi) is 8.48. The Morgan fingerprint density at radius 3 is 2.64 bits per heavy atom. The second kappa shape index (κ2) is 12.1. The number of rotatable bonds is 12. The molecule has 0 saturated carbocycles. The molecule has 3 aromatic rings. The van der Waals surface area contributed by atoms with Crippen molar-refractivity contribution in [1.82, 2.24) is 15.1 Å². The molecule has 2 heterocycles. The van der Waals surface area contributed by atoms with E-state index in [1.807, 2.05) is 18.2 Å². The number of amides is 2. The standard InChI is InChI=1S/C25H29N5O6/c26-18-2-1-3-20(14-18)36-13-12-35-11-10-34-9-8-27-19-5-4-17-16-28-30(25(33)21(17)15-19)22-6-7-23(31)29-24(22)32/h1-5,14-16,22,27H,6-13,26H2,(H,29,31,32). The van der Waals surface area contributed by atoms with Crippen LogP contribution in [0.1, 0.15) is 18.9 Å². The van der Waals surface area contributed by atoms with Crippen LogP contribution in [-0.2, 0) is 19.1 Å². The second-order valence-electron chi connectivity index (χ2n) is 8.24. The summed E-state index contributed by atoms with van der Waals surface area (Å²) in [6, 6.07) is 11.8. The highest BCUT2D eigenvalue weighted by molar-refractivity contribution is 5.99. The number of nitrogens with two attached hydrogens (primary N) is 1. The number of hydrogen-bond donors (Lipinski definition) is 3. The van der Waals surface area contributed by atoms with Crippen LogP contribution in [0, 0.1) is 0 Å². The van der Waals surface area contributed by atoms with Gasteiger partial charge in [0.1, 0.15) is 18.4 Å². The quantitative estimate of drug-likeness (QED) is 0.193. The Labute approximate surface area is 207 Å². The van der Waals surface area contributed by atoms with Crippen molar-refractivity contribution in [1.29, 1.82) is 0 Å². The second-order valence-corrected chi connectivity index (χ2v) is 8.24. The summed E-state index contributed by atoms with van der Waals surface area (Å²) in [4.78, 5) is 36.5. The Morgan fingerprint density at radius 1 is 1.03 bits per heavy atom. The largest absolute Gasteiger partial charge is 0.491 e. The molecule has 1 unspecified atom stereocenters. The number of ether oxygens (including phenoxy) is 3. The van der Waals surface area contributed by atoms with Gasteiger partial charge in [-0.3, -0.25) is 19.7 Å². The Morgan fingerprint density at radius 2 is 1.83 bits per heavy atom. The fraction of sp³-hybridized carbons (Fsp3) is 0.360. The normalized spacial score (nSPS) is 15.6. The third kappa shape index (κ3) is 6.58. The average molecular weight is 496 g/mol. The minimum Gasteiger partial charge on any atom is -0.491 e. The lowest BCUT2D eigenvalue weighted by Gasteiger charge is -2.21. The van der Waals surface area contributed by atoms with E-state index in [0.29, 0.717) is 61.8 Å². The molecule has 1 aromatic heterocycles. The number of carbonyl (C=O) groups excluding carboxylic acids is 2. The minimum absolute atomic E-state index is 0.173. The first-order valence-electron chi connectivity index (χ1n) is 11.7. The lowest BCUT2D eigenvalue weighted by atomic mass is 10.1. The third-order valence-electron chi connectivity index (χ3n) is 5.62. The van der Waals surface area contributed by atoms with E-state index in [-0.39, 0.29) is 24.3 Å². The molecule has 1 aliphatic heterocycles. The molecule has 2 amide bonds. The molecule has 0 bridgehead atoms. The van der Waals surface area contributed by atoms with E-state index >= 15 is 0 Å². The summed E-state index contributed by atoms with van der Waals surface area (Å²) in [5.74, 6) is -0.140. The maximum Gasteiger partial charge on any atom is 0.275 e. The summed E-state index contributed by atoms with van der Waals surface area (Å²) in [5, 5.41) is 10.7. The Balaban J connectivity index is 1.18. The maximum absolute atomic E-state index is 13.0. The molecule has 11 heteroatoms. The molecule has 1 saturated heterocycles. The van der Waals surface area contributed by atoms with Gasteiger partial charge in [-0.25, -0.2) is 4.68 Å². The van der Waals surface area contributed by atoms with Gasteiger partial charge in [-0.2, -0.15) is 5.10 Å². The molecule has 1 aliphatic rings. The van der Waals surface area contributed by atoms with Crippen molar-refractivity contribution in [3.8, 4) is 5.75 Å². The van der Waals surface area contributed by atoms with Crippen LogP contribution in [-0.4, -0.2) is 61.2 Å². The van der Waals surface area contributed by atoms with Crippen LogP contribution in [0.3, 0.4) is 0 Å². The SMILES string of the molecule is Nc1cccc(OCCOCCOCCNc2ccc3cnn(C4CCC(=O)NC4=O)c(=O)c3c2)c1. The van der Waals surface area contributed by atoms with Gasteiger partial charge < -0.3 is 25.3 Å². The number of carbonyl (C=O) groups is 2. The molecular formula is C25H29N5O6. The fourth-order valence-corrected chi connectivity index (χ4v) is 3.81. The molecule has 1 atom stereocenters. The van der Waals surface area contributed by atoms with E-state index in [1.54, 1.807) is 30.5 Å². The van der Waals surface area contributed by atoms with E-state index < -0.39 is 11.9 Å². The van der Waals surface area contributed by atoms with Gasteiger partial charge in [0.05, 0.1) is 38.0 Å². The number of hydrogen-bond acceptors (Lipinski definition) is 9. The highest BCUT2D eigenvalue weighted by atomic mass is 16.5. The van der Waals surface area contributed by atoms with Gasteiger partial charge >= 0.3 is 0 Å². The number of aromatic nitrogens is 2. The van der Waals surface area contributed by atoms with Crippen LogP contribution in [0.15, 0.2) is 53.5 Å². The number of fused-ring (bicyclic) bond motifs is 1. The van der Waals surface area contributed by atoms with E-state index in [4.69, 9.17) is 19.9 Å². The van der Waals surface area contributed by atoms with E-state index in [1.165, 1.54) is 0 Å². The zero-order chi connectivity index (χ0) is 25.3. The third-order valence-corrected chi connectivity index (χ3v) is 5.62. The minimum atomic E-state index is -0.796. The van der Waals surface area contributed by atoms with Crippen LogP contribution in [0.25, 0.3) is 10.8 Å². The smallest absolute Gasteiger partial charge is 0.275 e. The number of imide groups is 1. The number of anilines is 2. The Bertz CT molecular complexity index is 1280. The number of piperidine rings is 1. The van der Waals surface area contributed by atoms with Crippen LogP contribution in [0.4, 0.5) is 11.4 Å². The van der Waals surface area contributed by atoms with Crippen molar-refractivity contribution in [3.63, 3.8) is 0 Å². The van der Waals surface area contributed by atoms with Crippen LogP contribution >= 0.6 is 0 Å². The van der Waals surface area contributed by atoms with E-state index in [2.05, 4.69) is 15.7 Å². The van der Waals surface area contributed by atoms with Gasteiger partial charge in [0.2, 0.25) is 5.91 Å². The van der Waals surface area contributed by atoms with Gasteiger partial charge in [0.15, 0.2) is 0 Å². The Hall–Kier alpha value is -3.96. The molecule has 190 valence electrons. The number of nitrogens with zero attached hydrogens (tertiary/aromatic N) is 2. The number of benzene rings is 2. The molecule has 4 rings (SSSR count). The van der Waals surface area contributed by atoms with Gasteiger partial charge in [0.25, 0.3) is 11.5 Å². The summed E-state index contributed by atoms with van der Waals surface area (Å²) in [6.45, 7) is 2.75. The summed E-state index contributed by atoms with van der Waals surface area (Å²) < 4.78 is 17.8. The van der Waals surface area contributed by atoms with Crippen molar-refractivity contribution in [2.75, 3.05) is 50.6 Å². The maximum atomic E-state index is 13.0. The highest BCUT2D eigenvalue weighted by Crippen LogP contribution is 2.19. The van der Waals surface area contributed by atoms with Crippen molar-refractivity contribution in [3.05, 3.63) is 59.0 Å². The molecule has 36 heavy (non-hydrogen) atoms. The molecular weight excluding hydrogens is 466 g/mol. The first-order chi connectivity index (χ1) is 17.5. The summed E-state index contributed by atoms with van der Waals surface area (Å²) in [7, 11) is 0. The predicted molar refractivity (Wildman–Crippen MR) is 134 cm³/mol. The fourth-order valence-electron chi connectivity index (χ4n) is 3.81. The number of nitrogen functional groups attached to an aromatic ring is 1. The van der Waals surface area contributed by atoms with Crippen LogP contribution in [0.2, 0.25) is 0 Å². The monoisotopic (exact) mass is 495 g/mol. The van der Waals surface area contributed by atoms with Crippen LogP contribution in [0.5, 0.6) is 5.75 Å². The summed E-state index contributed by atoms with van der Waals surface area (Å²) in [6.07, 6.45) is 1.97. The topological polar surface area (TPSA) is 147 Å². The zero-order valence-corrected chi connectivity index (χ0v) is 19.8. The van der Waals surface area contributed by atoms with Gasteiger partial charge in [0, 0.05) is 35.8 Å².